The minimum atomic E-state index is -0.457. The maximum absolute atomic E-state index is 10.5. The summed E-state index contributed by atoms with van der Waals surface area (Å²) in [5.41, 5.74) is 5.18. The van der Waals surface area contributed by atoms with Crippen molar-refractivity contribution in [2.75, 3.05) is 0 Å². The van der Waals surface area contributed by atoms with Crippen LogP contribution in [-0.2, 0) is 11.3 Å². The average Bonchev–Trinajstić information content (AvgIpc) is 2.56. The first kappa shape index (κ1) is 9.75. The van der Waals surface area contributed by atoms with Gasteiger partial charge in [-0.15, -0.1) is 0 Å². The quantitative estimate of drug-likeness (QED) is 0.691. The molecule has 0 unspecified atom stereocenters. The van der Waals surface area contributed by atoms with Crippen molar-refractivity contribution in [1.82, 2.24) is 9.55 Å². The number of hydrogen-bond acceptors (Lipinski definition) is 4. The minimum absolute atomic E-state index is 0.0666. The van der Waals surface area contributed by atoms with E-state index in [1.54, 1.807) is 6.07 Å². The number of amides is 1. The van der Waals surface area contributed by atoms with Crippen LogP contribution in [0.25, 0.3) is 0 Å². The fourth-order valence-electron chi connectivity index (χ4n) is 0.982. The normalized spacial score (nSPS) is 9.00. The molecule has 6 nitrogen and oxygen atoms in total. The van der Waals surface area contributed by atoms with E-state index < -0.39 is 5.91 Å². The molecule has 0 aliphatic rings. The number of imidazole rings is 1. The summed E-state index contributed by atoms with van der Waals surface area (Å²) in [5.74, 6) is -0.457. The Labute approximate surface area is 80.2 Å². The zero-order valence-corrected chi connectivity index (χ0v) is 7.27. The van der Waals surface area contributed by atoms with Crippen molar-refractivity contribution >= 4 is 5.91 Å². The van der Waals surface area contributed by atoms with Gasteiger partial charge in [-0.2, -0.15) is 10.5 Å². The lowest BCUT2D eigenvalue weighted by atomic mass is 10.3. The molecule has 0 radical (unpaired) electrons. The molecule has 0 fully saturated rings. The SMILES string of the molecule is N#Cc1ncn(CCC(N)=O)c1C#N. The molecule has 1 amide bonds. The van der Waals surface area contributed by atoms with Crippen LogP contribution in [0.3, 0.4) is 0 Å². The van der Waals surface area contributed by atoms with Gasteiger partial charge in [0.05, 0.1) is 6.33 Å². The van der Waals surface area contributed by atoms with Gasteiger partial charge in [0.15, 0.2) is 11.4 Å². The Bertz CT molecular complexity index is 434. The Kier molecular flexibility index (Phi) is 2.82. The first-order chi connectivity index (χ1) is 6.69. The molecule has 14 heavy (non-hydrogen) atoms. The lowest BCUT2D eigenvalue weighted by Gasteiger charge is -1.99. The van der Waals surface area contributed by atoms with Crippen LogP contribution in [0.15, 0.2) is 6.33 Å². The van der Waals surface area contributed by atoms with Crippen LogP contribution in [0, 0.1) is 22.7 Å². The molecule has 2 N–H and O–H groups in total. The number of hydrogen-bond donors (Lipinski definition) is 1. The highest BCUT2D eigenvalue weighted by Gasteiger charge is 2.09. The Morgan fingerprint density at radius 2 is 2.29 bits per heavy atom. The molecule has 6 heteroatoms. The van der Waals surface area contributed by atoms with Crippen molar-refractivity contribution < 1.29 is 4.79 Å². The van der Waals surface area contributed by atoms with E-state index in [0.717, 1.165) is 0 Å². The van der Waals surface area contributed by atoms with Crippen molar-refractivity contribution in [3.05, 3.63) is 17.7 Å². The molecule has 70 valence electrons. The van der Waals surface area contributed by atoms with E-state index in [0.29, 0.717) is 0 Å². The highest BCUT2D eigenvalue weighted by Crippen LogP contribution is 2.05. The molecule has 1 aromatic heterocycles. The molecule has 0 spiro atoms. The summed E-state index contributed by atoms with van der Waals surface area (Å²) in [5, 5.41) is 17.3. The minimum Gasteiger partial charge on any atom is -0.370 e. The average molecular weight is 189 g/mol. The number of nitrogens with two attached hydrogens (primary N) is 1. The topological polar surface area (TPSA) is 108 Å². The summed E-state index contributed by atoms with van der Waals surface area (Å²) in [7, 11) is 0. The Morgan fingerprint density at radius 3 is 2.79 bits per heavy atom. The fraction of sp³-hybridized carbons (Fsp3) is 0.250. The highest BCUT2D eigenvalue weighted by atomic mass is 16.1. The number of aromatic nitrogens is 2. The van der Waals surface area contributed by atoms with Crippen molar-refractivity contribution in [2.24, 2.45) is 5.73 Å². The number of carbonyl (C=O) groups excluding carboxylic acids is 1. The van der Waals surface area contributed by atoms with Crippen molar-refractivity contribution in [3.8, 4) is 12.1 Å². The van der Waals surface area contributed by atoms with Gasteiger partial charge in [-0.3, -0.25) is 4.79 Å². The third-order valence-corrected chi connectivity index (χ3v) is 1.65. The summed E-state index contributed by atoms with van der Waals surface area (Å²) >= 11 is 0. The van der Waals surface area contributed by atoms with E-state index in [4.69, 9.17) is 16.3 Å². The van der Waals surface area contributed by atoms with Crippen LogP contribution in [0.4, 0.5) is 0 Å². The summed E-state index contributed by atoms with van der Waals surface area (Å²) in [4.78, 5) is 14.2. The predicted octanol–water partition coefficient (Wildman–Crippen LogP) is -0.498. The van der Waals surface area contributed by atoms with Gasteiger partial charge in [0.25, 0.3) is 0 Å². The standard InChI is InChI=1S/C8H7N5O/c9-3-6-7(4-10)13(5-12-6)2-1-8(11)14/h5H,1-2H2,(H2,11,14). The summed E-state index contributed by atoms with van der Waals surface area (Å²) in [6.45, 7) is 0.271. The molecule has 0 saturated heterocycles. The van der Waals surface area contributed by atoms with Crippen LogP contribution in [0.5, 0.6) is 0 Å². The first-order valence-corrected chi connectivity index (χ1v) is 3.82. The molecule has 0 bridgehead atoms. The van der Waals surface area contributed by atoms with Gasteiger partial charge in [0.2, 0.25) is 5.91 Å². The zero-order chi connectivity index (χ0) is 10.6. The largest absolute Gasteiger partial charge is 0.370 e. The maximum Gasteiger partial charge on any atom is 0.219 e. The van der Waals surface area contributed by atoms with Crippen LogP contribution in [0.2, 0.25) is 0 Å². The second-order valence-corrected chi connectivity index (χ2v) is 2.58. The molecule has 0 aliphatic heterocycles. The number of primary amides is 1. The maximum atomic E-state index is 10.5. The highest BCUT2D eigenvalue weighted by molar-refractivity contribution is 5.73. The Balaban J connectivity index is 2.89. The van der Waals surface area contributed by atoms with E-state index in [1.807, 2.05) is 6.07 Å². The number of rotatable bonds is 3. The van der Waals surface area contributed by atoms with E-state index in [2.05, 4.69) is 4.98 Å². The van der Waals surface area contributed by atoms with Crippen LogP contribution >= 0.6 is 0 Å². The first-order valence-electron chi connectivity index (χ1n) is 3.82. The third-order valence-electron chi connectivity index (χ3n) is 1.65. The van der Waals surface area contributed by atoms with Crippen LogP contribution in [-0.4, -0.2) is 15.5 Å². The van der Waals surface area contributed by atoms with Gasteiger partial charge < -0.3 is 10.3 Å². The summed E-state index contributed by atoms with van der Waals surface area (Å²) in [6.07, 6.45) is 1.47. The lowest BCUT2D eigenvalue weighted by Crippen LogP contribution is -2.14. The monoisotopic (exact) mass is 189 g/mol. The number of nitriles is 2. The summed E-state index contributed by atoms with van der Waals surface area (Å²) in [6, 6.07) is 3.63. The third kappa shape index (κ3) is 1.87. The predicted molar refractivity (Wildman–Crippen MR) is 45.5 cm³/mol. The lowest BCUT2D eigenvalue weighted by molar-refractivity contribution is -0.118. The van der Waals surface area contributed by atoms with Crippen LogP contribution < -0.4 is 5.73 Å². The van der Waals surface area contributed by atoms with Crippen molar-refractivity contribution in [1.29, 1.82) is 10.5 Å². The van der Waals surface area contributed by atoms with E-state index in [-0.39, 0.29) is 24.4 Å². The molecule has 0 aliphatic carbocycles. The second-order valence-electron chi connectivity index (χ2n) is 2.58. The summed E-state index contributed by atoms with van der Waals surface area (Å²) < 4.78 is 1.43. The van der Waals surface area contributed by atoms with E-state index >= 15 is 0 Å². The molecule has 0 atom stereocenters. The number of carbonyl (C=O) groups is 1. The zero-order valence-electron chi connectivity index (χ0n) is 7.27. The molecule has 0 saturated carbocycles. The Morgan fingerprint density at radius 1 is 1.57 bits per heavy atom. The van der Waals surface area contributed by atoms with Gasteiger partial charge in [-0.1, -0.05) is 0 Å². The van der Waals surface area contributed by atoms with Crippen molar-refractivity contribution in [3.63, 3.8) is 0 Å². The van der Waals surface area contributed by atoms with E-state index in [1.165, 1.54) is 10.9 Å². The fourth-order valence-corrected chi connectivity index (χ4v) is 0.982. The molecular formula is C8H7N5O. The Hall–Kier alpha value is -2.34. The smallest absolute Gasteiger partial charge is 0.219 e. The van der Waals surface area contributed by atoms with Crippen LogP contribution in [0.1, 0.15) is 17.8 Å². The van der Waals surface area contributed by atoms with Gasteiger partial charge in [-0.25, -0.2) is 4.98 Å². The van der Waals surface area contributed by atoms with Gasteiger partial charge >= 0.3 is 0 Å². The van der Waals surface area contributed by atoms with Gasteiger partial charge in [0, 0.05) is 13.0 Å². The molecule has 0 aromatic carbocycles. The van der Waals surface area contributed by atoms with Gasteiger partial charge in [-0.05, 0) is 0 Å². The van der Waals surface area contributed by atoms with Crippen molar-refractivity contribution in [2.45, 2.75) is 13.0 Å². The molecule has 1 rings (SSSR count). The molecular weight excluding hydrogens is 182 g/mol. The number of aryl methyl sites for hydroxylation is 1. The second kappa shape index (κ2) is 4.06. The van der Waals surface area contributed by atoms with Gasteiger partial charge in [0.1, 0.15) is 12.1 Å². The molecule has 1 heterocycles. The number of nitrogens with zero attached hydrogens (tertiary/aromatic N) is 4. The molecule has 1 aromatic rings. The van der Waals surface area contributed by atoms with E-state index in [9.17, 15) is 4.79 Å².